The van der Waals surface area contributed by atoms with Gasteiger partial charge in [-0.15, -0.1) is 0 Å². The van der Waals surface area contributed by atoms with Crippen LogP contribution < -0.4 is 15.1 Å². The number of hydrogen-bond acceptors (Lipinski definition) is 5. The highest BCUT2D eigenvalue weighted by Crippen LogP contribution is 2.29. The lowest BCUT2D eigenvalue weighted by atomic mass is 10.1. The van der Waals surface area contributed by atoms with Gasteiger partial charge in [-0.05, 0) is 123 Å². The molecule has 1 heterocycles. The van der Waals surface area contributed by atoms with Crippen molar-refractivity contribution in [3.8, 4) is 11.5 Å². The average molecular weight is 637 g/mol. The summed E-state index contributed by atoms with van der Waals surface area (Å²) < 4.78 is 14.1. The first-order chi connectivity index (χ1) is 19.5. The second-order valence-electron chi connectivity index (χ2n) is 10.3. The van der Waals surface area contributed by atoms with Gasteiger partial charge in [0, 0.05) is 53.3 Å². The van der Waals surface area contributed by atoms with Crippen LogP contribution in [0.4, 0.5) is 21.5 Å². The van der Waals surface area contributed by atoms with E-state index < -0.39 is 0 Å². The molecule has 5 rings (SSSR count). The Morgan fingerprint density at radius 1 is 0.738 bits per heavy atom. The van der Waals surface area contributed by atoms with Crippen molar-refractivity contribution in [3.05, 3.63) is 111 Å². The predicted molar refractivity (Wildman–Crippen MR) is 175 cm³/mol. The number of carbonyl (C=O) groups excluding carboxylic acids is 1. The van der Waals surface area contributed by atoms with Crippen LogP contribution in [-0.4, -0.2) is 42.3 Å². The number of piperazine rings is 1. The lowest BCUT2D eigenvalue weighted by Gasteiger charge is -2.38. The topological polar surface area (TPSA) is 76.0 Å². The Morgan fingerprint density at radius 3 is 1.83 bits per heavy atom. The number of nitrogens with zero attached hydrogens (tertiary/aromatic N) is 2. The maximum Gasteiger partial charge on any atom is 0.255 e. The van der Waals surface area contributed by atoms with Gasteiger partial charge in [-0.1, -0.05) is 23.4 Å². The lowest BCUT2D eigenvalue weighted by Crippen LogP contribution is -2.46. The van der Waals surface area contributed by atoms with E-state index in [1.807, 2.05) is 64.1 Å². The van der Waals surface area contributed by atoms with Gasteiger partial charge >= 0.3 is 0 Å². The number of carbonyl (C=O) groups is 1. The molecule has 0 spiro atoms. The number of phenols is 2. The normalized spacial score (nSPS) is 12.6. The van der Waals surface area contributed by atoms with Crippen LogP contribution in [0.25, 0.3) is 0 Å². The van der Waals surface area contributed by atoms with Gasteiger partial charge < -0.3 is 25.3 Å². The van der Waals surface area contributed by atoms with E-state index in [0.29, 0.717) is 22.7 Å². The van der Waals surface area contributed by atoms with Gasteiger partial charge in [0.1, 0.15) is 17.3 Å². The number of nitrogens with one attached hydrogen (secondary N) is 1. The van der Waals surface area contributed by atoms with Crippen molar-refractivity contribution in [3.63, 3.8) is 0 Å². The molecule has 1 aliphatic rings. The van der Waals surface area contributed by atoms with Gasteiger partial charge in [-0.3, -0.25) is 4.79 Å². The van der Waals surface area contributed by atoms with Gasteiger partial charge in [-0.25, -0.2) is 4.39 Å². The third-order valence-electron chi connectivity index (χ3n) is 7.21. The van der Waals surface area contributed by atoms with Crippen LogP contribution >= 0.6 is 15.9 Å². The summed E-state index contributed by atoms with van der Waals surface area (Å²) in [5.41, 5.74) is 7.29. The van der Waals surface area contributed by atoms with Crippen LogP contribution in [0.15, 0.2) is 77.3 Å². The lowest BCUT2D eigenvalue weighted by molar-refractivity contribution is 0.102. The zero-order chi connectivity index (χ0) is 29.7. The minimum atomic E-state index is -0.335. The van der Waals surface area contributed by atoms with E-state index >= 15 is 0 Å². The number of phenolic OH excluding ortho intramolecular Hbond substituents is 2. The maximum atomic E-state index is 13.0. The minimum absolute atomic E-state index is 0. The monoisotopic (exact) mass is 635 g/mol. The van der Waals surface area contributed by atoms with E-state index in [9.17, 15) is 19.4 Å². The molecule has 0 aromatic heterocycles. The van der Waals surface area contributed by atoms with E-state index in [4.69, 9.17) is 0 Å². The van der Waals surface area contributed by atoms with Crippen LogP contribution in [0.5, 0.6) is 11.5 Å². The Balaban J connectivity index is 0.000000374. The molecule has 0 atom stereocenters. The number of amides is 1. The first kappa shape index (κ1) is 32.5. The van der Waals surface area contributed by atoms with Crippen LogP contribution in [-0.2, 0) is 0 Å². The van der Waals surface area contributed by atoms with Crippen LogP contribution in [0, 0.1) is 33.5 Å². The van der Waals surface area contributed by atoms with Crippen molar-refractivity contribution < 1.29 is 19.4 Å². The van der Waals surface area contributed by atoms with E-state index in [2.05, 4.69) is 37.1 Å². The summed E-state index contributed by atoms with van der Waals surface area (Å²) in [5, 5.41) is 21.9. The molecular weight excluding hydrogens is 597 g/mol. The Hall–Kier alpha value is -4.04. The SMILES string of the molecule is C.Cc1cc(Br)c(C)cc1O.Cc1cc(N2CCN(c3ccc(C(=O)Nc4ccc(F)cc4)cc3)CC2)c(C)cc1O. The van der Waals surface area contributed by atoms with Crippen LogP contribution in [0.1, 0.15) is 40.0 Å². The second-order valence-corrected chi connectivity index (χ2v) is 11.1. The molecule has 42 heavy (non-hydrogen) atoms. The molecule has 8 heteroatoms. The van der Waals surface area contributed by atoms with Crippen molar-refractivity contribution in [2.45, 2.75) is 35.1 Å². The molecule has 0 bridgehead atoms. The number of anilines is 3. The van der Waals surface area contributed by atoms with Crippen molar-refractivity contribution in [2.24, 2.45) is 0 Å². The van der Waals surface area contributed by atoms with Gasteiger partial charge in [0.2, 0.25) is 0 Å². The highest BCUT2D eigenvalue weighted by Gasteiger charge is 2.20. The molecule has 0 radical (unpaired) electrons. The number of aryl methyl sites for hydroxylation is 4. The summed E-state index contributed by atoms with van der Waals surface area (Å²) in [7, 11) is 0. The quantitative estimate of drug-likeness (QED) is 0.211. The second kappa shape index (κ2) is 14.2. The Bertz CT molecular complexity index is 1470. The number of halogens is 2. The molecule has 222 valence electrons. The average Bonchev–Trinajstić information content (AvgIpc) is 2.96. The summed E-state index contributed by atoms with van der Waals surface area (Å²) in [4.78, 5) is 17.1. The summed E-state index contributed by atoms with van der Waals surface area (Å²) >= 11 is 3.37. The molecule has 3 N–H and O–H groups in total. The molecule has 4 aromatic carbocycles. The summed E-state index contributed by atoms with van der Waals surface area (Å²) in [6, 6.07) is 20.8. The number of hydrogen-bond donors (Lipinski definition) is 3. The minimum Gasteiger partial charge on any atom is -0.508 e. The van der Waals surface area contributed by atoms with Crippen LogP contribution in [0.2, 0.25) is 0 Å². The highest BCUT2D eigenvalue weighted by atomic mass is 79.9. The van der Waals surface area contributed by atoms with E-state index in [1.165, 1.54) is 17.8 Å². The molecule has 6 nitrogen and oxygen atoms in total. The Morgan fingerprint density at radius 2 is 1.26 bits per heavy atom. The maximum absolute atomic E-state index is 13.0. The first-order valence-corrected chi connectivity index (χ1v) is 14.2. The van der Waals surface area contributed by atoms with Crippen molar-refractivity contribution in [1.29, 1.82) is 0 Å². The standard InChI is InChI=1S/C25H26FN3O2.C8H9BrO.CH4/c1-17-16-24(30)18(2)15-23(17)29-13-11-28(12-14-29)22-9-3-19(4-10-22)25(31)27-21-7-5-20(26)6-8-21;1-5-4-8(10)6(2)3-7(5)9;/h3-10,15-16,30H,11-14H2,1-2H3,(H,27,31);3-4,10H,1-2H3;1H4. The smallest absolute Gasteiger partial charge is 0.255 e. The molecule has 1 amide bonds. The van der Waals surface area contributed by atoms with Gasteiger partial charge in [0.25, 0.3) is 5.91 Å². The molecule has 0 unspecified atom stereocenters. The highest BCUT2D eigenvalue weighted by molar-refractivity contribution is 9.10. The number of benzene rings is 4. The Kier molecular flexibility index (Phi) is 11.0. The zero-order valence-corrected chi connectivity index (χ0v) is 25.3. The molecule has 1 fully saturated rings. The third kappa shape index (κ3) is 8.03. The fourth-order valence-corrected chi connectivity index (χ4v) is 5.12. The molecular formula is C34H39BrFN3O3. The largest absolute Gasteiger partial charge is 0.508 e. The summed E-state index contributed by atoms with van der Waals surface area (Å²) in [5.74, 6) is 0.142. The van der Waals surface area contributed by atoms with Crippen molar-refractivity contribution in [2.75, 3.05) is 41.3 Å². The third-order valence-corrected chi connectivity index (χ3v) is 8.06. The molecule has 4 aromatic rings. The Labute approximate surface area is 256 Å². The van der Waals surface area contributed by atoms with E-state index in [-0.39, 0.29) is 19.2 Å². The molecule has 0 aliphatic carbocycles. The van der Waals surface area contributed by atoms with Gasteiger partial charge in [0.05, 0.1) is 0 Å². The fourth-order valence-electron chi connectivity index (χ4n) is 4.66. The molecule has 1 saturated heterocycles. The van der Waals surface area contributed by atoms with E-state index in [1.54, 1.807) is 18.2 Å². The molecule has 1 aliphatic heterocycles. The number of rotatable bonds is 4. The zero-order valence-electron chi connectivity index (χ0n) is 23.7. The van der Waals surface area contributed by atoms with Crippen LogP contribution in [0.3, 0.4) is 0 Å². The van der Waals surface area contributed by atoms with Crippen molar-refractivity contribution in [1.82, 2.24) is 0 Å². The number of aromatic hydroxyl groups is 2. The summed E-state index contributed by atoms with van der Waals surface area (Å²) in [6.45, 7) is 11.3. The predicted octanol–water partition coefficient (Wildman–Crippen LogP) is 8.13. The summed E-state index contributed by atoms with van der Waals surface area (Å²) in [6.07, 6.45) is 0. The molecule has 0 saturated carbocycles. The van der Waals surface area contributed by atoms with E-state index in [0.717, 1.165) is 58.6 Å². The fraction of sp³-hybridized carbons (Fsp3) is 0.265. The van der Waals surface area contributed by atoms with Crippen molar-refractivity contribution >= 4 is 38.9 Å². The van der Waals surface area contributed by atoms with Gasteiger partial charge in [0.15, 0.2) is 0 Å². The first-order valence-electron chi connectivity index (χ1n) is 13.4. The van der Waals surface area contributed by atoms with Gasteiger partial charge in [-0.2, -0.15) is 0 Å².